The molecule has 1 amide bonds. The second-order valence-electron chi connectivity index (χ2n) is 4.19. The predicted molar refractivity (Wildman–Crippen MR) is 75.8 cm³/mol. The van der Waals surface area contributed by atoms with Gasteiger partial charge in [0, 0.05) is 12.6 Å². The Hall–Kier alpha value is -1.10. The molecule has 0 fully saturated rings. The first-order valence-electron chi connectivity index (χ1n) is 5.85. The molecule has 1 rings (SSSR count). The zero-order chi connectivity index (χ0) is 12.8. The zero-order valence-corrected chi connectivity index (χ0v) is 11.5. The van der Waals surface area contributed by atoms with Crippen molar-refractivity contribution >= 4 is 24.0 Å². The van der Waals surface area contributed by atoms with Crippen LogP contribution in [0, 0.1) is 0 Å². The molecule has 4 nitrogen and oxygen atoms in total. The molecule has 0 saturated carbocycles. The standard InChI is InChI=1S/C13H20N2O2.ClH/c1-3-4-12(17)13(14)10-5-7-11(8-6-10)15-9(2)16;/h5-8,12-13,17H,3-4,14H2,1-2H3,(H,15,16);1H/t12-,13+;/m1./s1. The van der Waals surface area contributed by atoms with Gasteiger partial charge >= 0.3 is 0 Å². The highest BCUT2D eigenvalue weighted by atomic mass is 35.5. The van der Waals surface area contributed by atoms with E-state index in [2.05, 4.69) is 5.32 Å². The Morgan fingerprint density at radius 1 is 1.39 bits per heavy atom. The zero-order valence-electron chi connectivity index (χ0n) is 10.7. The Morgan fingerprint density at radius 2 is 1.94 bits per heavy atom. The molecule has 1 aromatic carbocycles. The van der Waals surface area contributed by atoms with Gasteiger partial charge in [-0.05, 0) is 24.1 Å². The lowest BCUT2D eigenvalue weighted by Gasteiger charge is -2.18. The molecule has 0 aliphatic carbocycles. The monoisotopic (exact) mass is 272 g/mol. The Kier molecular flexibility index (Phi) is 7.59. The highest BCUT2D eigenvalue weighted by molar-refractivity contribution is 5.88. The lowest BCUT2D eigenvalue weighted by atomic mass is 9.99. The summed E-state index contributed by atoms with van der Waals surface area (Å²) in [5, 5.41) is 12.5. The van der Waals surface area contributed by atoms with Crippen LogP contribution in [0.15, 0.2) is 24.3 Å². The molecule has 2 atom stereocenters. The van der Waals surface area contributed by atoms with E-state index in [1.165, 1.54) is 6.92 Å². The van der Waals surface area contributed by atoms with Crippen molar-refractivity contribution in [1.82, 2.24) is 0 Å². The van der Waals surface area contributed by atoms with Crippen molar-refractivity contribution in [2.75, 3.05) is 5.32 Å². The number of benzene rings is 1. The third kappa shape index (κ3) is 5.04. The molecule has 0 aromatic heterocycles. The van der Waals surface area contributed by atoms with Gasteiger partial charge in [0.1, 0.15) is 0 Å². The minimum atomic E-state index is -0.522. The van der Waals surface area contributed by atoms with Gasteiger partial charge in [0.05, 0.1) is 12.1 Å². The van der Waals surface area contributed by atoms with Gasteiger partial charge in [-0.1, -0.05) is 25.5 Å². The molecule has 0 saturated heterocycles. The van der Waals surface area contributed by atoms with E-state index in [1.54, 1.807) is 12.1 Å². The highest BCUT2D eigenvalue weighted by Crippen LogP contribution is 2.19. The second-order valence-corrected chi connectivity index (χ2v) is 4.19. The van der Waals surface area contributed by atoms with E-state index in [4.69, 9.17) is 5.73 Å². The minimum absolute atomic E-state index is 0. The van der Waals surface area contributed by atoms with E-state index in [0.29, 0.717) is 6.42 Å². The number of hydrogen-bond acceptors (Lipinski definition) is 3. The van der Waals surface area contributed by atoms with Crippen LogP contribution < -0.4 is 11.1 Å². The van der Waals surface area contributed by atoms with Crippen LogP contribution in [0.3, 0.4) is 0 Å². The smallest absolute Gasteiger partial charge is 0.221 e. The third-order valence-electron chi connectivity index (χ3n) is 2.61. The summed E-state index contributed by atoms with van der Waals surface area (Å²) in [6, 6.07) is 6.86. The maximum atomic E-state index is 10.8. The number of nitrogens with one attached hydrogen (secondary N) is 1. The fraction of sp³-hybridized carbons (Fsp3) is 0.462. The quantitative estimate of drug-likeness (QED) is 0.769. The first-order chi connectivity index (χ1) is 8.04. The van der Waals surface area contributed by atoms with Crippen LogP contribution in [-0.2, 0) is 4.79 Å². The summed E-state index contributed by atoms with van der Waals surface area (Å²) in [4.78, 5) is 10.8. The number of hydrogen-bond donors (Lipinski definition) is 3. The number of carbonyl (C=O) groups is 1. The number of anilines is 1. The van der Waals surface area contributed by atoms with Gasteiger partial charge in [-0.3, -0.25) is 4.79 Å². The second kappa shape index (κ2) is 8.08. The summed E-state index contributed by atoms with van der Waals surface area (Å²) < 4.78 is 0. The number of carbonyl (C=O) groups excluding carboxylic acids is 1. The molecule has 5 heteroatoms. The summed E-state index contributed by atoms with van der Waals surface area (Å²) >= 11 is 0. The molecule has 102 valence electrons. The number of aliphatic hydroxyl groups excluding tert-OH is 1. The molecular formula is C13H21ClN2O2. The van der Waals surface area contributed by atoms with Crippen LogP contribution in [0.4, 0.5) is 5.69 Å². The van der Waals surface area contributed by atoms with E-state index < -0.39 is 6.10 Å². The van der Waals surface area contributed by atoms with Gasteiger partial charge in [0.2, 0.25) is 5.91 Å². The summed E-state index contributed by atoms with van der Waals surface area (Å²) in [6.45, 7) is 3.47. The van der Waals surface area contributed by atoms with E-state index in [9.17, 15) is 9.90 Å². The first-order valence-corrected chi connectivity index (χ1v) is 5.85. The van der Waals surface area contributed by atoms with Gasteiger partial charge < -0.3 is 16.2 Å². The number of halogens is 1. The summed E-state index contributed by atoms with van der Waals surface area (Å²) in [5.41, 5.74) is 7.55. The molecule has 0 bridgehead atoms. The van der Waals surface area contributed by atoms with Crippen LogP contribution in [-0.4, -0.2) is 17.1 Å². The maximum absolute atomic E-state index is 10.8. The van der Waals surface area contributed by atoms with E-state index >= 15 is 0 Å². The van der Waals surface area contributed by atoms with Crippen molar-refractivity contribution in [3.63, 3.8) is 0 Å². The molecular weight excluding hydrogens is 252 g/mol. The van der Waals surface area contributed by atoms with Crippen LogP contribution in [0.25, 0.3) is 0 Å². The molecule has 18 heavy (non-hydrogen) atoms. The lowest BCUT2D eigenvalue weighted by Crippen LogP contribution is -2.25. The van der Waals surface area contributed by atoms with Crippen LogP contribution in [0.2, 0.25) is 0 Å². The Labute approximate surface area is 114 Å². The van der Waals surface area contributed by atoms with Gasteiger partial charge in [0.25, 0.3) is 0 Å². The normalized spacial score (nSPS) is 13.3. The number of nitrogens with two attached hydrogens (primary N) is 1. The highest BCUT2D eigenvalue weighted by Gasteiger charge is 2.15. The Balaban J connectivity index is 0.00000289. The van der Waals surface area contributed by atoms with Crippen molar-refractivity contribution < 1.29 is 9.90 Å². The van der Waals surface area contributed by atoms with Crippen molar-refractivity contribution in [3.05, 3.63) is 29.8 Å². The Bertz CT molecular complexity index is 368. The van der Waals surface area contributed by atoms with Crippen molar-refractivity contribution in [1.29, 1.82) is 0 Å². The molecule has 0 aliphatic rings. The van der Waals surface area contributed by atoms with Gasteiger partial charge in [-0.15, -0.1) is 12.4 Å². The predicted octanol–water partition coefficient (Wildman–Crippen LogP) is 2.23. The topological polar surface area (TPSA) is 75.3 Å². The third-order valence-corrected chi connectivity index (χ3v) is 2.61. The van der Waals surface area contributed by atoms with Crippen LogP contribution >= 0.6 is 12.4 Å². The van der Waals surface area contributed by atoms with Crippen LogP contribution in [0.1, 0.15) is 38.3 Å². The van der Waals surface area contributed by atoms with E-state index in [-0.39, 0.29) is 24.4 Å². The first kappa shape index (κ1) is 16.9. The van der Waals surface area contributed by atoms with Crippen molar-refractivity contribution in [2.24, 2.45) is 5.73 Å². The Morgan fingerprint density at radius 3 is 2.39 bits per heavy atom. The molecule has 1 aromatic rings. The summed E-state index contributed by atoms with van der Waals surface area (Å²) in [7, 11) is 0. The molecule has 0 spiro atoms. The average molecular weight is 273 g/mol. The fourth-order valence-electron chi connectivity index (χ4n) is 1.69. The van der Waals surface area contributed by atoms with E-state index in [1.807, 2.05) is 19.1 Å². The minimum Gasteiger partial charge on any atom is -0.391 e. The fourth-order valence-corrected chi connectivity index (χ4v) is 1.69. The summed E-state index contributed by atoms with van der Waals surface area (Å²) in [6.07, 6.45) is 1.07. The number of amides is 1. The molecule has 0 aliphatic heterocycles. The maximum Gasteiger partial charge on any atom is 0.221 e. The SMILES string of the molecule is CCC[C@@H](O)[C@@H](N)c1ccc(NC(C)=O)cc1.Cl. The molecule has 0 radical (unpaired) electrons. The summed E-state index contributed by atoms with van der Waals surface area (Å²) in [5.74, 6) is -0.104. The van der Waals surface area contributed by atoms with Gasteiger partial charge in [0.15, 0.2) is 0 Å². The molecule has 0 unspecified atom stereocenters. The average Bonchev–Trinajstić information content (AvgIpc) is 2.28. The van der Waals surface area contributed by atoms with Crippen LogP contribution in [0.5, 0.6) is 0 Å². The number of aliphatic hydroxyl groups is 1. The number of rotatable bonds is 5. The lowest BCUT2D eigenvalue weighted by molar-refractivity contribution is -0.114. The van der Waals surface area contributed by atoms with Crippen molar-refractivity contribution in [2.45, 2.75) is 38.8 Å². The van der Waals surface area contributed by atoms with Gasteiger partial charge in [-0.25, -0.2) is 0 Å². The van der Waals surface area contributed by atoms with Crippen molar-refractivity contribution in [3.8, 4) is 0 Å². The van der Waals surface area contributed by atoms with E-state index in [0.717, 1.165) is 17.7 Å². The molecule has 4 N–H and O–H groups in total. The molecule has 0 heterocycles. The largest absolute Gasteiger partial charge is 0.391 e. The van der Waals surface area contributed by atoms with Gasteiger partial charge in [-0.2, -0.15) is 0 Å².